The number of imidazole rings is 1. The molecule has 0 spiro atoms. The number of rotatable bonds is 5. The van der Waals surface area contributed by atoms with E-state index in [9.17, 15) is 9.59 Å². The Kier molecular flexibility index (Phi) is 4.88. The zero-order chi connectivity index (χ0) is 21.4. The Hall–Kier alpha value is -3.71. The van der Waals surface area contributed by atoms with E-state index in [0.29, 0.717) is 23.2 Å². The molecule has 7 nitrogen and oxygen atoms in total. The van der Waals surface area contributed by atoms with Gasteiger partial charge in [0, 0.05) is 12.4 Å². The highest BCUT2D eigenvalue weighted by Gasteiger charge is 2.40. The number of benzene rings is 2. The fraction of sp³-hybridized carbons (Fsp3) is 0.130. The molecule has 31 heavy (non-hydrogen) atoms. The van der Waals surface area contributed by atoms with Gasteiger partial charge < -0.3 is 5.32 Å². The Morgan fingerprint density at radius 2 is 1.87 bits per heavy atom. The summed E-state index contributed by atoms with van der Waals surface area (Å²) >= 11 is 6.16. The number of nitrogens with zero attached hydrogens (tertiary/aromatic N) is 4. The first kappa shape index (κ1) is 19.3. The lowest BCUT2D eigenvalue weighted by atomic mass is 10.1. The van der Waals surface area contributed by atoms with Gasteiger partial charge in [-0.3, -0.25) is 24.0 Å². The van der Waals surface area contributed by atoms with Crippen LogP contribution in [0.4, 0.5) is 11.6 Å². The normalized spacial score (nSPS) is 15.3. The number of halogens is 1. The second-order valence-electron chi connectivity index (χ2n) is 7.30. The Morgan fingerprint density at radius 1 is 1.06 bits per heavy atom. The number of anilines is 2. The molecule has 0 radical (unpaired) electrons. The van der Waals surface area contributed by atoms with E-state index in [1.54, 1.807) is 41.6 Å². The maximum absolute atomic E-state index is 13.4. The molecule has 2 amide bonds. The van der Waals surface area contributed by atoms with Crippen LogP contribution in [-0.2, 0) is 16.1 Å². The zero-order valence-corrected chi connectivity index (χ0v) is 17.2. The summed E-state index contributed by atoms with van der Waals surface area (Å²) in [4.78, 5) is 36.6. The molecule has 0 bridgehead atoms. The van der Waals surface area contributed by atoms with E-state index in [4.69, 9.17) is 11.6 Å². The summed E-state index contributed by atoms with van der Waals surface area (Å²) in [6.07, 6.45) is 3.38. The SMILES string of the molecule is O=C(C[C@@H]1C(=O)N(Cc2cccnc2)c2nc3ccccc3n21)Nc1ccccc1Cl. The molecular weight excluding hydrogens is 414 g/mol. The van der Waals surface area contributed by atoms with Crippen molar-refractivity contribution in [2.45, 2.75) is 19.0 Å². The van der Waals surface area contributed by atoms with Crippen molar-refractivity contribution in [3.63, 3.8) is 0 Å². The molecule has 0 aliphatic carbocycles. The minimum Gasteiger partial charge on any atom is -0.325 e. The second-order valence-corrected chi connectivity index (χ2v) is 7.71. The molecule has 4 aromatic rings. The van der Waals surface area contributed by atoms with Gasteiger partial charge in [-0.1, -0.05) is 41.9 Å². The first-order valence-corrected chi connectivity index (χ1v) is 10.2. The molecule has 0 saturated heterocycles. The summed E-state index contributed by atoms with van der Waals surface area (Å²) in [5.74, 6) is 0.0652. The quantitative estimate of drug-likeness (QED) is 0.513. The molecule has 8 heteroatoms. The molecule has 1 aliphatic heterocycles. The first-order valence-electron chi connectivity index (χ1n) is 9.83. The van der Waals surface area contributed by atoms with Crippen molar-refractivity contribution in [1.82, 2.24) is 14.5 Å². The number of aromatic nitrogens is 3. The smallest absolute Gasteiger partial charge is 0.253 e. The van der Waals surface area contributed by atoms with Gasteiger partial charge in [-0.2, -0.15) is 0 Å². The van der Waals surface area contributed by atoms with E-state index in [-0.39, 0.29) is 18.2 Å². The van der Waals surface area contributed by atoms with Gasteiger partial charge in [0.15, 0.2) is 0 Å². The lowest BCUT2D eigenvalue weighted by Crippen LogP contribution is -2.31. The van der Waals surface area contributed by atoms with Crippen molar-refractivity contribution < 1.29 is 9.59 Å². The number of hydrogen-bond acceptors (Lipinski definition) is 4. The van der Waals surface area contributed by atoms with Crippen LogP contribution in [0.5, 0.6) is 0 Å². The van der Waals surface area contributed by atoms with Crippen LogP contribution in [0.2, 0.25) is 5.02 Å². The molecule has 0 fully saturated rings. The van der Waals surface area contributed by atoms with E-state index in [0.717, 1.165) is 16.6 Å². The molecule has 0 saturated carbocycles. The average Bonchev–Trinajstić information content (AvgIpc) is 3.27. The minimum absolute atomic E-state index is 0.0268. The standard InChI is InChI=1S/C23H18ClN5O2/c24-16-7-1-2-8-17(16)26-21(30)12-20-22(31)28(14-15-6-5-11-25-13-15)23-27-18-9-3-4-10-19(18)29(20)23/h1-11,13,20H,12,14H2,(H,26,30)/t20-/m1/s1. The second kappa shape index (κ2) is 7.85. The molecular formula is C23H18ClN5O2. The summed E-state index contributed by atoms with van der Waals surface area (Å²) in [5.41, 5.74) is 2.99. The highest BCUT2D eigenvalue weighted by Crippen LogP contribution is 2.37. The van der Waals surface area contributed by atoms with Crippen molar-refractivity contribution in [3.8, 4) is 0 Å². The zero-order valence-electron chi connectivity index (χ0n) is 16.4. The maximum Gasteiger partial charge on any atom is 0.253 e. The minimum atomic E-state index is -0.693. The third-order valence-electron chi connectivity index (χ3n) is 5.27. The third-order valence-corrected chi connectivity index (χ3v) is 5.60. The molecule has 154 valence electrons. The molecule has 2 aromatic heterocycles. The molecule has 0 unspecified atom stereocenters. The number of hydrogen-bond donors (Lipinski definition) is 1. The van der Waals surface area contributed by atoms with Gasteiger partial charge in [0.2, 0.25) is 11.9 Å². The lowest BCUT2D eigenvalue weighted by Gasteiger charge is -2.16. The van der Waals surface area contributed by atoms with Gasteiger partial charge in [-0.05, 0) is 35.9 Å². The Labute approximate surface area is 183 Å². The fourth-order valence-electron chi connectivity index (χ4n) is 3.86. The largest absolute Gasteiger partial charge is 0.325 e. The number of carbonyl (C=O) groups excluding carboxylic acids is 2. The summed E-state index contributed by atoms with van der Waals surface area (Å²) in [7, 11) is 0. The Morgan fingerprint density at radius 3 is 2.68 bits per heavy atom. The van der Waals surface area contributed by atoms with Gasteiger partial charge >= 0.3 is 0 Å². The number of nitrogens with one attached hydrogen (secondary N) is 1. The van der Waals surface area contributed by atoms with Crippen LogP contribution < -0.4 is 10.2 Å². The van der Waals surface area contributed by atoms with Crippen molar-refractivity contribution in [2.75, 3.05) is 10.2 Å². The van der Waals surface area contributed by atoms with Crippen LogP contribution in [0.1, 0.15) is 18.0 Å². The molecule has 2 aromatic carbocycles. The summed E-state index contributed by atoms with van der Waals surface area (Å²) in [6, 6.07) is 17.7. The van der Waals surface area contributed by atoms with Crippen LogP contribution in [-0.4, -0.2) is 26.3 Å². The van der Waals surface area contributed by atoms with Gasteiger partial charge in [0.1, 0.15) is 6.04 Å². The number of amides is 2. The molecule has 1 atom stereocenters. The Bertz CT molecular complexity index is 1290. The van der Waals surface area contributed by atoms with E-state index in [1.165, 1.54) is 0 Å². The maximum atomic E-state index is 13.4. The highest BCUT2D eigenvalue weighted by molar-refractivity contribution is 6.33. The molecule has 1 N–H and O–H groups in total. The van der Waals surface area contributed by atoms with Crippen molar-refractivity contribution >= 4 is 46.1 Å². The van der Waals surface area contributed by atoms with Crippen molar-refractivity contribution in [2.24, 2.45) is 0 Å². The van der Waals surface area contributed by atoms with Crippen LogP contribution in [0.3, 0.4) is 0 Å². The van der Waals surface area contributed by atoms with Crippen molar-refractivity contribution in [3.05, 3.63) is 83.6 Å². The van der Waals surface area contributed by atoms with Gasteiger partial charge in [-0.25, -0.2) is 4.98 Å². The number of carbonyl (C=O) groups is 2. The lowest BCUT2D eigenvalue weighted by molar-refractivity contribution is -0.124. The van der Waals surface area contributed by atoms with Crippen LogP contribution in [0, 0.1) is 0 Å². The van der Waals surface area contributed by atoms with Gasteiger partial charge in [0.25, 0.3) is 5.91 Å². The van der Waals surface area contributed by atoms with E-state index >= 15 is 0 Å². The monoisotopic (exact) mass is 431 g/mol. The number of pyridine rings is 1. The Balaban J connectivity index is 1.48. The summed E-state index contributed by atoms with van der Waals surface area (Å²) in [5, 5.41) is 3.25. The fourth-order valence-corrected chi connectivity index (χ4v) is 4.04. The third kappa shape index (κ3) is 3.53. The number of fused-ring (bicyclic) bond motifs is 3. The number of para-hydroxylation sites is 3. The molecule has 1 aliphatic rings. The van der Waals surface area contributed by atoms with Crippen molar-refractivity contribution in [1.29, 1.82) is 0 Å². The van der Waals surface area contributed by atoms with Crippen LogP contribution >= 0.6 is 11.6 Å². The topological polar surface area (TPSA) is 80.1 Å². The van der Waals surface area contributed by atoms with Gasteiger partial charge in [-0.15, -0.1) is 0 Å². The predicted molar refractivity (Wildman–Crippen MR) is 119 cm³/mol. The van der Waals surface area contributed by atoms with Gasteiger partial charge in [0.05, 0.1) is 34.7 Å². The average molecular weight is 432 g/mol. The van der Waals surface area contributed by atoms with Crippen LogP contribution in [0.15, 0.2) is 73.1 Å². The summed E-state index contributed by atoms with van der Waals surface area (Å²) < 4.78 is 1.85. The van der Waals surface area contributed by atoms with E-state index < -0.39 is 6.04 Å². The highest BCUT2D eigenvalue weighted by atomic mass is 35.5. The molecule has 3 heterocycles. The van der Waals surface area contributed by atoms with Crippen LogP contribution in [0.25, 0.3) is 11.0 Å². The summed E-state index contributed by atoms with van der Waals surface area (Å²) in [6.45, 7) is 0.332. The predicted octanol–water partition coefficient (Wildman–Crippen LogP) is 4.20. The first-order chi connectivity index (χ1) is 15.1. The molecule has 5 rings (SSSR count). The van der Waals surface area contributed by atoms with E-state index in [1.807, 2.05) is 41.0 Å². The van der Waals surface area contributed by atoms with E-state index in [2.05, 4.69) is 15.3 Å².